The van der Waals surface area contributed by atoms with Gasteiger partial charge in [-0.2, -0.15) is 0 Å². The number of carbonyl (C=O) groups excluding carboxylic acids is 2. The van der Waals surface area contributed by atoms with E-state index in [9.17, 15) is 9.59 Å². The summed E-state index contributed by atoms with van der Waals surface area (Å²) in [4.78, 5) is 23.0. The van der Waals surface area contributed by atoms with Crippen LogP contribution >= 0.6 is 0 Å². The average molecular weight is 231 g/mol. The van der Waals surface area contributed by atoms with E-state index in [2.05, 4.69) is 30.4 Å². The summed E-state index contributed by atoms with van der Waals surface area (Å²) in [6, 6.07) is 0. The van der Waals surface area contributed by atoms with Crippen molar-refractivity contribution in [1.29, 1.82) is 0 Å². The maximum Gasteiger partial charge on any atom is 0.313 e. The van der Waals surface area contributed by atoms with E-state index in [1.807, 2.05) is 0 Å². The Kier molecular flexibility index (Phi) is 13.3. The van der Waals surface area contributed by atoms with Crippen molar-refractivity contribution in [2.75, 3.05) is 26.2 Å². The fourth-order valence-electron chi connectivity index (χ4n) is 1.09. The molecule has 0 saturated carbocycles. The highest BCUT2D eigenvalue weighted by Crippen LogP contribution is 1.86. The summed E-state index contributed by atoms with van der Waals surface area (Å²) in [6.45, 7) is 13.5. The first-order chi connectivity index (χ1) is 7.51. The summed E-state index contributed by atoms with van der Waals surface area (Å²) in [5.41, 5.74) is 0. The van der Waals surface area contributed by atoms with Gasteiger partial charge in [-0.25, -0.2) is 0 Å². The largest absolute Gasteiger partial charge is 0.466 e. The summed E-state index contributed by atoms with van der Waals surface area (Å²) in [7, 11) is 0. The molecule has 0 aromatic heterocycles. The highest BCUT2D eigenvalue weighted by Gasteiger charge is 2.03. The van der Waals surface area contributed by atoms with E-state index in [0.717, 1.165) is 0 Å². The lowest BCUT2D eigenvalue weighted by atomic mass is 10.3. The van der Waals surface area contributed by atoms with E-state index < -0.39 is 5.97 Å². The van der Waals surface area contributed by atoms with Gasteiger partial charge in [-0.05, 0) is 33.5 Å². The topological polar surface area (TPSA) is 46.6 Å². The van der Waals surface area contributed by atoms with Crippen LogP contribution in [-0.2, 0) is 14.3 Å². The fourth-order valence-corrected chi connectivity index (χ4v) is 1.09. The number of nitrogens with zero attached hydrogens (tertiary/aromatic N) is 1. The Labute approximate surface area is 99.0 Å². The van der Waals surface area contributed by atoms with E-state index >= 15 is 0 Å². The highest BCUT2D eigenvalue weighted by molar-refractivity contribution is 5.94. The minimum Gasteiger partial charge on any atom is -0.466 e. The molecule has 0 atom stereocenters. The van der Waals surface area contributed by atoms with Crippen LogP contribution in [0.3, 0.4) is 0 Å². The van der Waals surface area contributed by atoms with Crippen molar-refractivity contribution in [3.8, 4) is 0 Å². The molecule has 0 bridgehead atoms. The van der Waals surface area contributed by atoms with Gasteiger partial charge in [0.05, 0.1) is 6.61 Å². The Morgan fingerprint density at radius 1 is 1.00 bits per heavy atom. The molecule has 16 heavy (non-hydrogen) atoms. The van der Waals surface area contributed by atoms with Crippen LogP contribution in [-0.4, -0.2) is 42.9 Å². The van der Waals surface area contributed by atoms with Gasteiger partial charge in [-0.3, -0.25) is 9.59 Å². The zero-order valence-corrected chi connectivity index (χ0v) is 11.2. The summed E-state index contributed by atoms with van der Waals surface area (Å²) in [6.07, 6.45) is -0.103. The Hall–Kier alpha value is -0.900. The zero-order valence-electron chi connectivity index (χ0n) is 11.2. The molecule has 0 aliphatic heterocycles. The summed E-state index contributed by atoms with van der Waals surface area (Å²) in [5, 5.41) is 0. The number of esters is 1. The van der Waals surface area contributed by atoms with Crippen LogP contribution in [0.25, 0.3) is 0 Å². The van der Waals surface area contributed by atoms with Crippen LogP contribution in [0.1, 0.15) is 41.0 Å². The molecule has 0 unspecified atom stereocenters. The predicted octanol–water partition coefficient (Wildman–Crippen LogP) is 1.88. The van der Waals surface area contributed by atoms with Gasteiger partial charge in [0.1, 0.15) is 12.2 Å². The van der Waals surface area contributed by atoms with Gasteiger partial charge in [0.2, 0.25) is 0 Å². The molecule has 0 N–H and O–H groups in total. The predicted molar refractivity (Wildman–Crippen MR) is 65.4 cm³/mol. The molecular weight excluding hydrogens is 206 g/mol. The SMILES string of the molecule is CCN(CC)CC.CCOC(=O)CC(C)=O. The van der Waals surface area contributed by atoms with E-state index in [1.165, 1.54) is 26.6 Å². The molecule has 0 rings (SSSR count). The first kappa shape index (κ1) is 17.5. The Bertz CT molecular complexity index is 183. The lowest BCUT2D eigenvalue weighted by molar-refractivity contribution is -0.145. The van der Waals surface area contributed by atoms with Crippen molar-refractivity contribution in [3.63, 3.8) is 0 Å². The first-order valence-electron chi connectivity index (χ1n) is 5.89. The third kappa shape index (κ3) is 13.1. The van der Waals surface area contributed by atoms with Crippen molar-refractivity contribution >= 4 is 11.8 Å². The number of rotatable bonds is 6. The number of carbonyl (C=O) groups is 2. The number of ketones is 1. The van der Waals surface area contributed by atoms with Gasteiger partial charge in [-0.15, -0.1) is 0 Å². The van der Waals surface area contributed by atoms with Crippen LogP contribution in [0.2, 0.25) is 0 Å². The Balaban J connectivity index is 0. The van der Waals surface area contributed by atoms with Crippen LogP contribution in [0, 0.1) is 0 Å². The molecule has 0 aliphatic carbocycles. The molecule has 0 saturated heterocycles. The molecule has 96 valence electrons. The second-order valence-corrected chi connectivity index (χ2v) is 3.30. The average Bonchev–Trinajstić information content (AvgIpc) is 2.20. The molecular formula is C12H25NO3. The number of Topliss-reactive ketones (excluding diaryl/α,β-unsaturated/α-hetero) is 1. The van der Waals surface area contributed by atoms with Crippen LogP contribution in [0.4, 0.5) is 0 Å². The number of hydrogen-bond donors (Lipinski definition) is 0. The van der Waals surface area contributed by atoms with Gasteiger partial charge in [0.15, 0.2) is 0 Å². The van der Waals surface area contributed by atoms with Crippen LogP contribution in [0.15, 0.2) is 0 Å². The summed E-state index contributed by atoms with van der Waals surface area (Å²) in [5.74, 6) is -0.599. The third-order valence-corrected chi connectivity index (χ3v) is 2.04. The monoisotopic (exact) mass is 231 g/mol. The van der Waals surface area contributed by atoms with E-state index in [-0.39, 0.29) is 12.2 Å². The van der Waals surface area contributed by atoms with Gasteiger partial charge < -0.3 is 9.64 Å². The Morgan fingerprint density at radius 3 is 1.62 bits per heavy atom. The normalized spacial score (nSPS) is 9.38. The van der Waals surface area contributed by atoms with Gasteiger partial charge in [-0.1, -0.05) is 20.8 Å². The molecule has 0 amide bonds. The molecule has 4 nitrogen and oxygen atoms in total. The second-order valence-electron chi connectivity index (χ2n) is 3.30. The van der Waals surface area contributed by atoms with Crippen molar-refractivity contribution in [1.82, 2.24) is 4.90 Å². The molecule has 4 heteroatoms. The molecule has 0 aromatic carbocycles. The molecule has 0 aliphatic rings. The second kappa shape index (κ2) is 12.2. The number of ether oxygens (including phenoxy) is 1. The van der Waals surface area contributed by atoms with E-state index in [4.69, 9.17) is 0 Å². The fraction of sp³-hybridized carbons (Fsp3) is 0.833. The minimum atomic E-state index is -0.440. The minimum absolute atomic E-state index is 0.103. The van der Waals surface area contributed by atoms with Gasteiger partial charge in [0.25, 0.3) is 0 Å². The van der Waals surface area contributed by atoms with Gasteiger partial charge in [0, 0.05) is 0 Å². The van der Waals surface area contributed by atoms with Crippen LogP contribution < -0.4 is 0 Å². The number of hydrogen-bond acceptors (Lipinski definition) is 4. The third-order valence-electron chi connectivity index (χ3n) is 2.04. The van der Waals surface area contributed by atoms with E-state index in [1.54, 1.807) is 6.92 Å². The molecule has 0 fully saturated rings. The summed E-state index contributed by atoms with van der Waals surface area (Å²) >= 11 is 0. The molecule has 0 heterocycles. The molecule has 0 radical (unpaired) electrons. The smallest absolute Gasteiger partial charge is 0.313 e. The van der Waals surface area contributed by atoms with Crippen molar-refractivity contribution in [2.24, 2.45) is 0 Å². The van der Waals surface area contributed by atoms with Crippen molar-refractivity contribution in [2.45, 2.75) is 41.0 Å². The van der Waals surface area contributed by atoms with Crippen LogP contribution in [0.5, 0.6) is 0 Å². The maximum absolute atomic E-state index is 10.4. The molecule has 0 aromatic rings. The van der Waals surface area contributed by atoms with Gasteiger partial charge >= 0.3 is 5.97 Å². The summed E-state index contributed by atoms with van der Waals surface area (Å²) < 4.78 is 4.49. The van der Waals surface area contributed by atoms with Crippen molar-refractivity contribution < 1.29 is 14.3 Å². The lowest BCUT2D eigenvalue weighted by Crippen LogP contribution is -2.21. The highest BCUT2D eigenvalue weighted by atomic mass is 16.5. The maximum atomic E-state index is 10.4. The quantitative estimate of drug-likeness (QED) is 0.517. The molecule has 0 spiro atoms. The zero-order chi connectivity index (χ0) is 13.0. The first-order valence-corrected chi connectivity index (χ1v) is 5.89. The lowest BCUT2D eigenvalue weighted by Gasteiger charge is -2.13. The standard InChI is InChI=1S/C6H15N.C6H10O3/c1-4-7(5-2)6-3;1-3-9-6(8)4-5(2)7/h4-6H2,1-3H3;3-4H2,1-2H3. The Morgan fingerprint density at radius 2 is 1.44 bits per heavy atom. The van der Waals surface area contributed by atoms with E-state index in [0.29, 0.717) is 6.61 Å². The van der Waals surface area contributed by atoms with Crippen molar-refractivity contribution in [3.05, 3.63) is 0 Å².